The predicted molar refractivity (Wildman–Crippen MR) is 135 cm³/mol. The number of anilines is 1. The van der Waals surface area contributed by atoms with E-state index >= 15 is 0 Å². The Bertz CT molecular complexity index is 1090. The zero-order chi connectivity index (χ0) is 24.2. The third kappa shape index (κ3) is 5.32. The molecule has 1 saturated heterocycles. The monoisotopic (exact) mass is 499 g/mol. The number of ether oxygens (including phenoxy) is 3. The van der Waals surface area contributed by atoms with Crippen LogP contribution >= 0.6 is 11.3 Å². The van der Waals surface area contributed by atoms with Gasteiger partial charge in [-0.15, -0.1) is 11.3 Å². The van der Waals surface area contributed by atoms with Crippen LogP contribution in [-0.4, -0.2) is 63.3 Å². The van der Waals surface area contributed by atoms with Crippen LogP contribution in [0.4, 0.5) is 5.00 Å². The van der Waals surface area contributed by atoms with Gasteiger partial charge in [0, 0.05) is 24.6 Å². The number of aryl methyl sites for hydroxylation is 1. The van der Waals surface area contributed by atoms with Gasteiger partial charge in [-0.3, -0.25) is 14.5 Å². The maximum absolute atomic E-state index is 13.2. The van der Waals surface area contributed by atoms with Crippen LogP contribution in [0.1, 0.15) is 58.1 Å². The summed E-state index contributed by atoms with van der Waals surface area (Å²) < 4.78 is 16.5. The van der Waals surface area contributed by atoms with Gasteiger partial charge < -0.3 is 24.8 Å². The molecular weight excluding hydrogens is 466 g/mol. The Morgan fingerprint density at radius 2 is 1.97 bits per heavy atom. The maximum Gasteiger partial charge on any atom is 0.254 e. The molecule has 2 N–H and O–H groups in total. The van der Waals surface area contributed by atoms with Crippen molar-refractivity contribution in [2.75, 3.05) is 51.9 Å². The Morgan fingerprint density at radius 1 is 1.14 bits per heavy atom. The molecule has 2 aliphatic heterocycles. The fourth-order valence-corrected chi connectivity index (χ4v) is 6.56. The number of carbonyl (C=O) groups is 2. The number of hydrogen-bond donors (Lipinski definition) is 2. The molecule has 1 aliphatic carbocycles. The normalized spacial score (nSPS) is 19.3. The van der Waals surface area contributed by atoms with Crippen LogP contribution in [0.2, 0.25) is 0 Å². The van der Waals surface area contributed by atoms with Gasteiger partial charge in [-0.1, -0.05) is 6.07 Å². The molecule has 0 radical (unpaired) electrons. The van der Waals surface area contributed by atoms with Crippen LogP contribution < -0.4 is 20.1 Å². The summed E-state index contributed by atoms with van der Waals surface area (Å²) >= 11 is 1.56. The number of nitrogens with zero attached hydrogens (tertiary/aromatic N) is 1. The summed E-state index contributed by atoms with van der Waals surface area (Å²) in [6.07, 6.45) is 6.07. The molecular formula is C26H33N3O5S. The van der Waals surface area contributed by atoms with Gasteiger partial charge in [0.15, 0.2) is 11.5 Å². The van der Waals surface area contributed by atoms with E-state index in [0.29, 0.717) is 36.9 Å². The first kappa shape index (κ1) is 24.1. The van der Waals surface area contributed by atoms with Gasteiger partial charge in [0.25, 0.3) is 5.91 Å². The smallest absolute Gasteiger partial charge is 0.254 e. The number of benzene rings is 1. The molecule has 8 nitrogen and oxygen atoms in total. The second-order valence-corrected chi connectivity index (χ2v) is 10.3. The van der Waals surface area contributed by atoms with Gasteiger partial charge in [-0.25, -0.2) is 0 Å². The molecule has 9 heteroatoms. The molecule has 5 rings (SSSR count). The lowest BCUT2D eigenvalue weighted by atomic mass is 9.95. The Labute approximate surface area is 209 Å². The highest BCUT2D eigenvalue weighted by molar-refractivity contribution is 7.17. The molecule has 0 saturated carbocycles. The topological polar surface area (TPSA) is 89.1 Å². The van der Waals surface area contributed by atoms with Gasteiger partial charge in [0.05, 0.1) is 18.7 Å². The van der Waals surface area contributed by atoms with Crippen LogP contribution in [0.5, 0.6) is 11.5 Å². The van der Waals surface area contributed by atoms with E-state index in [1.54, 1.807) is 18.4 Å². The summed E-state index contributed by atoms with van der Waals surface area (Å²) in [5.74, 6) is 1.34. The van der Waals surface area contributed by atoms with Crippen molar-refractivity contribution >= 4 is 28.2 Å². The number of rotatable bonds is 8. The SMILES string of the molecule is COCCNC(=O)c1c(NC(=O)CN2CCCC2c2ccc3c(c2)OCCO3)sc2c1CCCC2. The zero-order valence-electron chi connectivity index (χ0n) is 20.2. The highest BCUT2D eigenvalue weighted by Gasteiger charge is 2.30. The van der Waals surface area contributed by atoms with Crippen molar-refractivity contribution in [3.63, 3.8) is 0 Å². The summed E-state index contributed by atoms with van der Waals surface area (Å²) in [5.41, 5.74) is 2.88. The van der Waals surface area contributed by atoms with E-state index in [1.165, 1.54) is 4.88 Å². The number of carbonyl (C=O) groups excluding carboxylic acids is 2. The van der Waals surface area contributed by atoms with E-state index in [1.807, 2.05) is 12.1 Å². The molecule has 0 spiro atoms. The molecule has 0 bridgehead atoms. The fraction of sp³-hybridized carbons (Fsp3) is 0.538. The third-order valence-corrected chi connectivity index (χ3v) is 8.11. The molecule has 1 fully saturated rings. The first-order chi connectivity index (χ1) is 17.1. The van der Waals surface area contributed by atoms with Gasteiger partial charge in [0.2, 0.25) is 5.91 Å². The van der Waals surface area contributed by atoms with E-state index in [4.69, 9.17) is 14.2 Å². The van der Waals surface area contributed by atoms with Crippen LogP contribution in [0.25, 0.3) is 0 Å². The van der Waals surface area contributed by atoms with E-state index in [9.17, 15) is 9.59 Å². The molecule has 2 aromatic rings. The highest BCUT2D eigenvalue weighted by Crippen LogP contribution is 2.40. The Balaban J connectivity index is 1.29. The molecule has 188 valence electrons. The average Bonchev–Trinajstić information content (AvgIpc) is 3.47. The van der Waals surface area contributed by atoms with Crippen molar-refractivity contribution in [3.05, 3.63) is 39.8 Å². The first-order valence-corrected chi connectivity index (χ1v) is 13.3. The number of hydrogen-bond acceptors (Lipinski definition) is 7. The lowest BCUT2D eigenvalue weighted by Gasteiger charge is -2.26. The van der Waals surface area contributed by atoms with Gasteiger partial charge in [0.1, 0.15) is 18.2 Å². The Kier molecular flexibility index (Phi) is 7.55. The second kappa shape index (κ2) is 11.0. The highest BCUT2D eigenvalue weighted by atomic mass is 32.1. The molecule has 3 aliphatic rings. The van der Waals surface area contributed by atoms with Crippen molar-refractivity contribution in [1.82, 2.24) is 10.2 Å². The molecule has 3 heterocycles. The van der Waals surface area contributed by atoms with E-state index in [2.05, 4.69) is 21.6 Å². The number of amides is 2. The van der Waals surface area contributed by atoms with Crippen LogP contribution in [-0.2, 0) is 22.4 Å². The number of likely N-dealkylation sites (tertiary alicyclic amines) is 1. The first-order valence-electron chi connectivity index (χ1n) is 12.5. The Hall–Kier alpha value is -2.62. The van der Waals surface area contributed by atoms with Crippen LogP contribution in [0.3, 0.4) is 0 Å². The van der Waals surface area contributed by atoms with Gasteiger partial charge in [-0.05, 0) is 68.3 Å². The standard InChI is InChI=1S/C26H33N3O5S/c1-32-12-10-27-25(31)24-18-5-2-3-7-22(18)35-26(24)28-23(30)16-29-11-4-6-19(29)17-8-9-20-21(15-17)34-14-13-33-20/h8-9,15,19H,2-7,10-14,16H2,1H3,(H,27,31)(H,28,30). The third-order valence-electron chi connectivity index (χ3n) is 6.90. The minimum atomic E-state index is -0.132. The lowest BCUT2D eigenvalue weighted by molar-refractivity contribution is -0.117. The van der Waals surface area contributed by atoms with E-state index in [-0.39, 0.29) is 24.4 Å². The van der Waals surface area contributed by atoms with Crippen molar-refractivity contribution in [3.8, 4) is 11.5 Å². The molecule has 1 aromatic carbocycles. The van der Waals surface area contributed by atoms with Crippen LogP contribution in [0.15, 0.2) is 18.2 Å². The molecule has 35 heavy (non-hydrogen) atoms. The molecule has 1 aromatic heterocycles. The number of thiophene rings is 1. The maximum atomic E-state index is 13.2. The minimum absolute atomic E-state index is 0.0843. The van der Waals surface area contributed by atoms with Crippen molar-refractivity contribution in [2.24, 2.45) is 0 Å². The van der Waals surface area contributed by atoms with E-state index in [0.717, 1.165) is 67.7 Å². The quantitative estimate of drug-likeness (QED) is 0.540. The van der Waals surface area contributed by atoms with Crippen molar-refractivity contribution < 1.29 is 23.8 Å². The summed E-state index contributed by atoms with van der Waals surface area (Å²) in [6.45, 7) is 3.17. The van der Waals surface area contributed by atoms with Gasteiger partial charge >= 0.3 is 0 Å². The average molecular weight is 500 g/mol. The number of fused-ring (bicyclic) bond motifs is 2. The summed E-state index contributed by atoms with van der Waals surface area (Å²) in [5, 5.41) is 6.70. The molecule has 1 unspecified atom stereocenters. The fourth-order valence-electron chi connectivity index (χ4n) is 5.26. The minimum Gasteiger partial charge on any atom is -0.486 e. The van der Waals surface area contributed by atoms with Crippen LogP contribution in [0, 0.1) is 0 Å². The zero-order valence-corrected chi connectivity index (χ0v) is 21.0. The summed E-state index contributed by atoms with van der Waals surface area (Å²) in [7, 11) is 1.61. The van der Waals surface area contributed by atoms with E-state index < -0.39 is 0 Å². The lowest BCUT2D eigenvalue weighted by Crippen LogP contribution is -2.33. The van der Waals surface area contributed by atoms with Crippen molar-refractivity contribution in [1.29, 1.82) is 0 Å². The van der Waals surface area contributed by atoms with Gasteiger partial charge in [-0.2, -0.15) is 0 Å². The second-order valence-electron chi connectivity index (χ2n) is 9.24. The number of methoxy groups -OCH3 is 1. The summed E-state index contributed by atoms with van der Waals surface area (Å²) in [6, 6.07) is 6.24. The largest absolute Gasteiger partial charge is 0.486 e. The molecule has 1 atom stereocenters. The summed E-state index contributed by atoms with van der Waals surface area (Å²) in [4.78, 5) is 29.6. The molecule has 2 amide bonds. The predicted octanol–water partition coefficient (Wildman–Crippen LogP) is 3.55. The number of nitrogens with one attached hydrogen (secondary N) is 2. The Morgan fingerprint density at radius 3 is 2.83 bits per heavy atom. The van der Waals surface area contributed by atoms with Crippen molar-refractivity contribution in [2.45, 2.75) is 44.6 Å².